The van der Waals surface area contributed by atoms with E-state index in [0.29, 0.717) is 11.6 Å². The number of fused-ring (bicyclic) bond motifs is 1. The van der Waals surface area contributed by atoms with Gasteiger partial charge in [-0.1, -0.05) is 72.3 Å². The van der Waals surface area contributed by atoms with E-state index in [2.05, 4.69) is 18.2 Å². The van der Waals surface area contributed by atoms with Crippen LogP contribution < -0.4 is 9.47 Å². The van der Waals surface area contributed by atoms with Crippen LogP contribution in [0.2, 0.25) is 5.02 Å². The molecule has 0 radical (unpaired) electrons. The molecule has 0 fully saturated rings. The average molecular weight is 464 g/mol. The minimum Gasteiger partial charge on any atom is -0.488 e. The molecule has 5 aromatic rings. The van der Waals surface area contributed by atoms with E-state index in [9.17, 15) is 0 Å². The van der Waals surface area contributed by atoms with Crippen LogP contribution >= 0.6 is 11.6 Å². The lowest BCUT2D eigenvalue weighted by Gasteiger charge is -2.12. The smallest absolute Gasteiger partial charge is 0.129 e. The predicted molar refractivity (Wildman–Crippen MR) is 140 cm³/mol. The van der Waals surface area contributed by atoms with Gasteiger partial charge in [-0.2, -0.15) is 0 Å². The van der Waals surface area contributed by atoms with Gasteiger partial charge in [-0.05, 0) is 70.9 Å². The fraction of sp³-hybridized carbons (Fsp3) is 0.0333. The predicted octanol–water partition coefficient (Wildman–Crippen LogP) is 8.62. The van der Waals surface area contributed by atoms with Gasteiger partial charge < -0.3 is 9.47 Å². The van der Waals surface area contributed by atoms with Crippen molar-refractivity contribution >= 4 is 34.3 Å². The minimum absolute atomic E-state index is 0.446. The molecule has 0 aromatic heterocycles. The Morgan fingerprint density at radius 2 is 1.38 bits per heavy atom. The lowest BCUT2D eigenvalue weighted by atomic mass is 10.0. The van der Waals surface area contributed by atoms with Crippen molar-refractivity contribution in [3.05, 3.63) is 131 Å². The van der Waals surface area contributed by atoms with Crippen molar-refractivity contribution in [1.29, 1.82) is 0 Å². The molecule has 0 spiro atoms. The summed E-state index contributed by atoms with van der Waals surface area (Å²) in [6.45, 7) is 0.446. The van der Waals surface area contributed by atoms with Gasteiger partial charge in [0.1, 0.15) is 23.9 Å². The molecule has 166 valence electrons. The van der Waals surface area contributed by atoms with E-state index in [1.54, 1.807) is 0 Å². The molecule has 34 heavy (non-hydrogen) atoms. The molecule has 5 rings (SSSR count). The maximum Gasteiger partial charge on any atom is 0.129 e. The van der Waals surface area contributed by atoms with Gasteiger partial charge in [0.25, 0.3) is 0 Å². The number of ether oxygens (including phenoxy) is 2. The van der Waals surface area contributed by atoms with Crippen LogP contribution in [0, 0.1) is 0 Å². The van der Waals surface area contributed by atoms with Gasteiger partial charge in [0.05, 0.1) is 5.69 Å². The summed E-state index contributed by atoms with van der Waals surface area (Å²) in [5.41, 5.74) is 2.82. The van der Waals surface area contributed by atoms with Gasteiger partial charge in [-0.15, -0.1) is 0 Å². The summed E-state index contributed by atoms with van der Waals surface area (Å²) in [7, 11) is 0. The van der Waals surface area contributed by atoms with Gasteiger partial charge in [0.15, 0.2) is 0 Å². The quantitative estimate of drug-likeness (QED) is 0.226. The highest BCUT2D eigenvalue weighted by molar-refractivity contribution is 6.30. The third kappa shape index (κ3) is 5.28. The summed E-state index contributed by atoms with van der Waals surface area (Å²) in [5, 5.41) is 2.93. The van der Waals surface area contributed by atoms with Crippen LogP contribution in [0.4, 0.5) is 5.69 Å². The molecule has 0 aliphatic carbocycles. The van der Waals surface area contributed by atoms with Crippen molar-refractivity contribution in [2.24, 2.45) is 4.99 Å². The first-order valence-corrected chi connectivity index (χ1v) is 11.4. The molecule has 0 amide bonds. The van der Waals surface area contributed by atoms with E-state index >= 15 is 0 Å². The van der Waals surface area contributed by atoms with E-state index in [-0.39, 0.29) is 0 Å². The molecule has 0 aliphatic heterocycles. The first-order valence-electron chi connectivity index (χ1n) is 11.0. The third-order valence-electron chi connectivity index (χ3n) is 5.40. The second-order valence-corrected chi connectivity index (χ2v) is 8.22. The summed E-state index contributed by atoms with van der Waals surface area (Å²) in [5.74, 6) is 2.35. The first kappa shape index (κ1) is 21.7. The molecular weight excluding hydrogens is 442 g/mol. The van der Waals surface area contributed by atoms with Crippen LogP contribution in [0.15, 0.2) is 120 Å². The molecule has 4 heteroatoms. The van der Waals surface area contributed by atoms with E-state index < -0.39 is 0 Å². The van der Waals surface area contributed by atoms with Gasteiger partial charge in [0.2, 0.25) is 0 Å². The number of hydrogen-bond acceptors (Lipinski definition) is 3. The number of para-hydroxylation sites is 1. The van der Waals surface area contributed by atoms with Crippen molar-refractivity contribution in [2.45, 2.75) is 6.61 Å². The Hall–Kier alpha value is -4.08. The van der Waals surface area contributed by atoms with Gasteiger partial charge in [0, 0.05) is 16.8 Å². The van der Waals surface area contributed by atoms with E-state index in [0.717, 1.165) is 44.8 Å². The summed E-state index contributed by atoms with van der Waals surface area (Å²) >= 11 is 6.00. The molecule has 0 atom stereocenters. The summed E-state index contributed by atoms with van der Waals surface area (Å²) in [6.07, 6.45) is 1.87. The highest BCUT2D eigenvalue weighted by Gasteiger charge is 2.08. The number of hydrogen-bond donors (Lipinski definition) is 0. The van der Waals surface area contributed by atoms with E-state index in [1.807, 2.05) is 103 Å². The zero-order chi connectivity index (χ0) is 23.2. The highest BCUT2D eigenvalue weighted by atomic mass is 35.5. The highest BCUT2D eigenvalue weighted by Crippen LogP contribution is 2.29. The van der Waals surface area contributed by atoms with Crippen molar-refractivity contribution in [3.63, 3.8) is 0 Å². The van der Waals surface area contributed by atoms with Crippen LogP contribution in [-0.4, -0.2) is 6.21 Å². The van der Waals surface area contributed by atoms with Crippen LogP contribution in [0.25, 0.3) is 10.8 Å². The zero-order valence-electron chi connectivity index (χ0n) is 18.4. The standard InChI is InChI=1S/C30H22ClNO2/c31-24-13-10-22(11-14-24)21-33-30-19-12-23-6-4-5-9-28(23)29(30)20-32-25-15-17-27(18-16-25)34-26-7-2-1-3-8-26/h1-20H,21H2. The largest absolute Gasteiger partial charge is 0.488 e. The molecule has 0 aliphatic rings. The normalized spacial score (nSPS) is 11.1. The first-order chi connectivity index (χ1) is 16.7. The average Bonchev–Trinajstić information content (AvgIpc) is 2.89. The number of benzene rings is 5. The summed E-state index contributed by atoms with van der Waals surface area (Å²) in [4.78, 5) is 4.72. The molecule has 0 heterocycles. The van der Waals surface area contributed by atoms with Crippen molar-refractivity contribution in [1.82, 2.24) is 0 Å². The second kappa shape index (κ2) is 10.2. The lowest BCUT2D eigenvalue weighted by molar-refractivity contribution is 0.306. The minimum atomic E-state index is 0.446. The number of nitrogens with zero attached hydrogens (tertiary/aromatic N) is 1. The Morgan fingerprint density at radius 3 is 2.18 bits per heavy atom. The summed E-state index contributed by atoms with van der Waals surface area (Å²) in [6, 6.07) is 37.4. The number of halogens is 1. The van der Waals surface area contributed by atoms with E-state index in [4.69, 9.17) is 26.1 Å². The Kier molecular flexibility index (Phi) is 6.55. The Labute approximate surface area is 203 Å². The van der Waals surface area contributed by atoms with Gasteiger partial charge >= 0.3 is 0 Å². The third-order valence-corrected chi connectivity index (χ3v) is 5.65. The van der Waals surface area contributed by atoms with Crippen LogP contribution in [0.3, 0.4) is 0 Å². The van der Waals surface area contributed by atoms with Gasteiger partial charge in [-0.25, -0.2) is 0 Å². The maximum absolute atomic E-state index is 6.19. The monoisotopic (exact) mass is 463 g/mol. The van der Waals surface area contributed by atoms with Crippen LogP contribution in [0.5, 0.6) is 17.2 Å². The zero-order valence-corrected chi connectivity index (χ0v) is 19.2. The Morgan fingerprint density at radius 1 is 0.676 bits per heavy atom. The van der Waals surface area contributed by atoms with Crippen LogP contribution in [-0.2, 0) is 6.61 Å². The lowest BCUT2D eigenvalue weighted by Crippen LogP contribution is -1.99. The van der Waals surface area contributed by atoms with Gasteiger partial charge in [-0.3, -0.25) is 4.99 Å². The van der Waals surface area contributed by atoms with Crippen molar-refractivity contribution in [3.8, 4) is 17.2 Å². The molecular formula is C30H22ClNO2. The molecule has 0 saturated heterocycles. The topological polar surface area (TPSA) is 30.8 Å². The van der Waals surface area contributed by atoms with E-state index in [1.165, 1.54) is 0 Å². The number of rotatable bonds is 7. The maximum atomic E-state index is 6.19. The Bertz CT molecular complexity index is 1410. The number of aliphatic imine (C=N–C) groups is 1. The van der Waals surface area contributed by atoms with Crippen LogP contribution in [0.1, 0.15) is 11.1 Å². The molecule has 5 aromatic carbocycles. The second-order valence-electron chi connectivity index (χ2n) is 7.78. The molecule has 0 unspecified atom stereocenters. The SMILES string of the molecule is Clc1ccc(COc2ccc3ccccc3c2C=Nc2ccc(Oc3ccccc3)cc2)cc1. The molecule has 0 saturated carbocycles. The van der Waals surface area contributed by atoms with Crippen molar-refractivity contribution in [2.75, 3.05) is 0 Å². The fourth-order valence-corrected chi connectivity index (χ4v) is 3.77. The molecule has 0 bridgehead atoms. The fourth-order valence-electron chi connectivity index (χ4n) is 3.64. The van der Waals surface area contributed by atoms with Crippen molar-refractivity contribution < 1.29 is 9.47 Å². The summed E-state index contributed by atoms with van der Waals surface area (Å²) < 4.78 is 12.1. The molecule has 3 nitrogen and oxygen atoms in total. The Balaban J connectivity index is 1.39. The molecule has 0 N–H and O–H groups in total.